The third-order valence-corrected chi connectivity index (χ3v) is 3.71. The van der Waals surface area contributed by atoms with Gasteiger partial charge >= 0.3 is 0 Å². The molecule has 0 aliphatic carbocycles. The lowest BCUT2D eigenvalue weighted by molar-refractivity contribution is 0.0847. The van der Waals surface area contributed by atoms with E-state index in [0.717, 1.165) is 11.1 Å². The van der Waals surface area contributed by atoms with Crippen LogP contribution < -0.4 is 5.32 Å². The Balaban J connectivity index is 1.96. The first-order chi connectivity index (χ1) is 10.2. The number of aliphatic hydroxyl groups is 2. The minimum absolute atomic E-state index is 0.0776. The summed E-state index contributed by atoms with van der Waals surface area (Å²) in [5.41, 5.74) is 2.21. The van der Waals surface area contributed by atoms with Crippen LogP contribution in [0.15, 0.2) is 60.7 Å². The zero-order valence-electron chi connectivity index (χ0n) is 12.3. The molecule has 0 saturated heterocycles. The fourth-order valence-electron chi connectivity index (χ4n) is 2.44. The van der Waals surface area contributed by atoms with Gasteiger partial charge < -0.3 is 15.5 Å². The molecule has 2 rings (SSSR count). The maximum absolute atomic E-state index is 10.3. The summed E-state index contributed by atoms with van der Waals surface area (Å²) in [4.78, 5) is 0. The number of aliphatic hydroxyl groups excluding tert-OH is 2. The lowest BCUT2D eigenvalue weighted by Crippen LogP contribution is -2.44. The molecule has 0 aliphatic heterocycles. The average molecular weight is 285 g/mol. The van der Waals surface area contributed by atoms with E-state index in [1.54, 1.807) is 0 Å². The van der Waals surface area contributed by atoms with Gasteiger partial charge in [0.05, 0.1) is 18.8 Å². The maximum atomic E-state index is 10.3. The molecule has 0 aromatic heterocycles. The van der Waals surface area contributed by atoms with E-state index in [2.05, 4.69) is 5.32 Å². The number of nitrogens with one attached hydrogen (secondary N) is 1. The van der Waals surface area contributed by atoms with E-state index >= 15 is 0 Å². The molecule has 0 radical (unpaired) electrons. The van der Waals surface area contributed by atoms with Crippen molar-refractivity contribution < 1.29 is 10.2 Å². The van der Waals surface area contributed by atoms with E-state index < -0.39 is 6.10 Å². The van der Waals surface area contributed by atoms with Crippen molar-refractivity contribution >= 4 is 0 Å². The van der Waals surface area contributed by atoms with Crippen molar-refractivity contribution in [2.24, 2.45) is 0 Å². The minimum Gasteiger partial charge on any atom is -0.395 e. The number of hydrogen-bond acceptors (Lipinski definition) is 3. The summed E-state index contributed by atoms with van der Waals surface area (Å²) in [5, 5.41) is 23.2. The highest BCUT2D eigenvalue weighted by Crippen LogP contribution is 2.14. The second kappa shape index (κ2) is 7.93. The Morgan fingerprint density at radius 2 is 1.52 bits per heavy atom. The third-order valence-electron chi connectivity index (χ3n) is 3.71. The molecular formula is C18H23NO2. The fraction of sp³-hybridized carbons (Fsp3) is 0.333. The molecule has 1 unspecified atom stereocenters. The van der Waals surface area contributed by atoms with Crippen molar-refractivity contribution in [3.63, 3.8) is 0 Å². The van der Waals surface area contributed by atoms with Crippen LogP contribution in [0.4, 0.5) is 0 Å². The standard InChI is InChI=1S/C18H23NO2/c1-14(16-10-6-3-7-11-16)19-17(13-20)18(21)12-15-8-4-2-5-9-15/h2-11,14,17-21H,12-13H2,1H3/t14-,17+,18?/m1/s1. The topological polar surface area (TPSA) is 52.5 Å². The summed E-state index contributed by atoms with van der Waals surface area (Å²) < 4.78 is 0. The third kappa shape index (κ3) is 4.67. The van der Waals surface area contributed by atoms with Gasteiger partial charge in [0.25, 0.3) is 0 Å². The van der Waals surface area contributed by atoms with Crippen molar-refractivity contribution in [3.05, 3.63) is 71.8 Å². The molecule has 0 aliphatic rings. The second-order valence-electron chi connectivity index (χ2n) is 5.35. The molecule has 3 N–H and O–H groups in total. The highest BCUT2D eigenvalue weighted by Gasteiger charge is 2.21. The summed E-state index contributed by atoms with van der Waals surface area (Å²) in [6, 6.07) is 19.6. The maximum Gasteiger partial charge on any atom is 0.0756 e. The Kier molecular flexibility index (Phi) is 5.93. The van der Waals surface area contributed by atoms with E-state index in [1.165, 1.54) is 0 Å². The van der Waals surface area contributed by atoms with Crippen LogP contribution in [0, 0.1) is 0 Å². The predicted octanol–water partition coefficient (Wildman–Crippen LogP) is 2.30. The van der Waals surface area contributed by atoms with Crippen molar-refractivity contribution in [1.29, 1.82) is 0 Å². The van der Waals surface area contributed by atoms with Crippen molar-refractivity contribution in [2.75, 3.05) is 6.61 Å². The Morgan fingerprint density at radius 1 is 0.952 bits per heavy atom. The molecule has 2 aromatic rings. The average Bonchev–Trinajstić information content (AvgIpc) is 2.54. The normalized spacial score (nSPS) is 15.4. The lowest BCUT2D eigenvalue weighted by atomic mass is 10.0. The molecule has 0 heterocycles. The van der Waals surface area contributed by atoms with Gasteiger partial charge in [0.1, 0.15) is 0 Å². The fourth-order valence-corrected chi connectivity index (χ4v) is 2.44. The number of hydrogen-bond donors (Lipinski definition) is 3. The largest absolute Gasteiger partial charge is 0.395 e. The number of rotatable bonds is 7. The molecule has 0 spiro atoms. The summed E-state index contributed by atoms with van der Waals surface area (Å²) in [6.45, 7) is 1.94. The van der Waals surface area contributed by atoms with E-state index in [1.807, 2.05) is 67.6 Å². The number of benzene rings is 2. The summed E-state index contributed by atoms with van der Waals surface area (Å²) in [7, 11) is 0. The van der Waals surface area contributed by atoms with Crippen molar-refractivity contribution in [1.82, 2.24) is 5.32 Å². The predicted molar refractivity (Wildman–Crippen MR) is 85.0 cm³/mol. The molecule has 3 nitrogen and oxygen atoms in total. The molecule has 3 heteroatoms. The summed E-state index contributed by atoms with van der Waals surface area (Å²) >= 11 is 0. The molecule has 0 amide bonds. The quantitative estimate of drug-likeness (QED) is 0.731. The first-order valence-electron chi connectivity index (χ1n) is 7.34. The molecule has 112 valence electrons. The van der Waals surface area contributed by atoms with E-state index in [9.17, 15) is 10.2 Å². The Morgan fingerprint density at radius 3 is 2.10 bits per heavy atom. The van der Waals surface area contributed by atoms with Crippen LogP contribution in [-0.2, 0) is 6.42 Å². The van der Waals surface area contributed by atoms with Gasteiger partial charge in [-0.25, -0.2) is 0 Å². The van der Waals surface area contributed by atoms with Crippen LogP contribution in [0.1, 0.15) is 24.1 Å². The minimum atomic E-state index is -0.622. The molecule has 0 fully saturated rings. The van der Waals surface area contributed by atoms with E-state index in [0.29, 0.717) is 6.42 Å². The van der Waals surface area contributed by atoms with Gasteiger partial charge in [-0.1, -0.05) is 60.7 Å². The molecule has 0 bridgehead atoms. The first-order valence-corrected chi connectivity index (χ1v) is 7.34. The Bertz CT molecular complexity index is 515. The van der Waals surface area contributed by atoms with E-state index in [4.69, 9.17) is 0 Å². The van der Waals surface area contributed by atoms with Gasteiger partial charge in [-0.15, -0.1) is 0 Å². The zero-order valence-corrected chi connectivity index (χ0v) is 12.3. The lowest BCUT2D eigenvalue weighted by Gasteiger charge is -2.26. The van der Waals surface area contributed by atoms with Crippen molar-refractivity contribution in [2.45, 2.75) is 31.5 Å². The molecule has 3 atom stereocenters. The highest BCUT2D eigenvalue weighted by molar-refractivity contribution is 5.19. The highest BCUT2D eigenvalue weighted by atomic mass is 16.3. The van der Waals surface area contributed by atoms with Gasteiger partial charge in [-0.2, -0.15) is 0 Å². The Hall–Kier alpha value is -1.68. The van der Waals surface area contributed by atoms with Crippen LogP contribution in [0.5, 0.6) is 0 Å². The Labute approximate surface area is 126 Å². The molecule has 2 aromatic carbocycles. The SMILES string of the molecule is C[C@@H](N[C@@H](CO)C(O)Cc1ccccc1)c1ccccc1. The van der Waals surface area contributed by atoms with Crippen LogP contribution >= 0.6 is 0 Å². The van der Waals surface area contributed by atoms with Crippen LogP contribution in [0.3, 0.4) is 0 Å². The van der Waals surface area contributed by atoms with Gasteiger partial charge in [0, 0.05) is 6.04 Å². The van der Waals surface area contributed by atoms with Crippen molar-refractivity contribution in [3.8, 4) is 0 Å². The smallest absolute Gasteiger partial charge is 0.0756 e. The molecule has 0 saturated carbocycles. The summed E-state index contributed by atoms with van der Waals surface area (Å²) in [6.07, 6.45) is -0.0934. The molecular weight excluding hydrogens is 262 g/mol. The first kappa shape index (κ1) is 15.7. The van der Waals surface area contributed by atoms with Gasteiger partial charge in [-0.05, 0) is 24.5 Å². The summed E-state index contributed by atoms with van der Waals surface area (Å²) in [5.74, 6) is 0. The van der Waals surface area contributed by atoms with Crippen LogP contribution in [0.2, 0.25) is 0 Å². The van der Waals surface area contributed by atoms with Gasteiger partial charge in [0.2, 0.25) is 0 Å². The monoisotopic (exact) mass is 285 g/mol. The molecule has 21 heavy (non-hydrogen) atoms. The van der Waals surface area contributed by atoms with Crippen LogP contribution in [-0.4, -0.2) is 29.0 Å². The van der Waals surface area contributed by atoms with Gasteiger partial charge in [-0.3, -0.25) is 0 Å². The second-order valence-corrected chi connectivity index (χ2v) is 5.35. The van der Waals surface area contributed by atoms with Crippen LogP contribution in [0.25, 0.3) is 0 Å². The zero-order chi connectivity index (χ0) is 15.1. The van der Waals surface area contributed by atoms with Gasteiger partial charge in [0.15, 0.2) is 0 Å². The van der Waals surface area contributed by atoms with E-state index in [-0.39, 0.29) is 18.7 Å².